The molecule has 0 radical (unpaired) electrons. The van der Waals surface area contributed by atoms with Crippen molar-refractivity contribution in [3.63, 3.8) is 0 Å². The van der Waals surface area contributed by atoms with Gasteiger partial charge in [0.1, 0.15) is 5.75 Å². The number of anilines is 1. The molecule has 0 aliphatic carbocycles. The molecule has 0 spiro atoms. The van der Waals surface area contributed by atoms with Gasteiger partial charge in [-0.1, -0.05) is 16.8 Å². The number of halogens is 1. The molecule has 106 valence electrons. The first-order chi connectivity index (χ1) is 10.2. The fourth-order valence-corrected chi connectivity index (χ4v) is 2.09. The van der Waals surface area contributed by atoms with Crippen LogP contribution in [0.2, 0.25) is 5.02 Å². The zero-order valence-corrected chi connectivity index (χ0v) is 12.0. The van der Waals surface area contributed by atoms with Gasteiger partial charge >= 0.3 is 0 Å². The van der Waals surface area contributed by atoms with Crippen molar-refractivity contribution < 1.29 is 9.26 Å². The van der Waals surface area contributed by atoms with E-state index in [1.807, 2.05) is 12.1 Å². The maximum atomic E-state index is 5.94. The van der Waals surface area contributed by atoms with Gasteiger partial charge in [-0.05, 0) is 42.5 Å². The molecule has 2 aromatic carbocycles. The van der Waals surface area contributed by atoms with Crippen LogP contribution in [0.5, 0.6) is 5.75 Å². The Kier molecular flexibility index (Phi) is 3.50. The van der Waals surface area contributed by atoms with E-state index >= 15 is 0 Å². The molecule has 3 rings (SSSR count). The summed E-state index contributed by atoms with van der Waals surface area (Å²) in [4.78, 5) is 4.38. The number of hydrogen-bond acceptors (Lipinski definition) is 5. The Hall–Kier alpha value is -2.53. The Morgan fingerprint density at radius 2 is 1.90 bits per heavy atom. The number of rotatable bonds is 3. The van der Waals surface area contributed by atoms with Crippen LogP contribution in [0.15, 0.2) is 47.0 Å². The maximum absolute atomic E-state index is 5.94. The highest BCUT2D eigenvalue weighted by atomic mass is 35.5. The zero-order valence-electron chi connectivity index (χ0n) is 11.2. The standard InChI is InChI=1S/C15H12ClN3O2/c1-20-13-8-10(16)4-7-12(13)15-18-14(19-21-15)9-2-5-11(17)6-3-9/h2-8H,17H2,1H3. The largest absolute Gasteiger partial charge is 0.496 e. The monoisotopic (exact) mass is 301 g/mol. The quantitative estimate of drug-likeness (QED) is 0.747. The smallest absolute Gasteiger partial charge is 0.262 e. The van der Waals surface area contributed by atoms with E-state index in [-0.39, 0.29) is 0 Å². The third kappa shape index (κ3) is 2.68. The number of benzene rings is 2. The van der Waals surface area contributed by atoms with Crippen molar-refractivity contribution in [3.05, 3.63) is 47.5 Å². The number of aromatic nitrogens is 2. The molecular weight excluding hydrogens is 290 g/mol. The van der Waals surface area contributed by atoms with Crippen LogP contribution in [-0.2, 0) is 0 Å². The maximum Gasteiger partial charge on any atom is 0.262 e. The summed E-state index contributed by atoms with van der Waals surface area (Å²) in [6.45, 7) is 0. The summed E-state index contributed by atoms with van der Waals surface area (Å²) in [5.74, 6) is 1.44. The van der Waals surface area contributed by atoms with Crippen LogP contribution in [0.4, 0.5) is 5.69 Å². The predicted molar refractivity (Wildman–Crippen MR) is 81.1 cm³/mol. The molecule has 0 aliphatic heterocycles. The fourth-order valence-electron chi connectivity index (χ4n) is 1.92. The minimum atomic E-state index is 0.371. The highest BCUT2D eigenvalue weighted by Gasteiger charge is 2.15. The highest BCUT2D eigenvalue weighted by molar-refractivity contribution is 6.30. The molecule has 0 amide bonds. The fraction of sp³-hybridized carbons (Fsp3) is 0.0667. The van der Waals surface area contributed by atoms with Crippen molar-refractivity contribution in [2.75, 3.05) is 12.8 Å². The minimum absolute atomic E-state index is 0.371. The molecule has 0 saturated carbocycles. The molecule has 3 aromatic rings. The van der Waals surface area contributed by atoms with Crippen molar-refractivity contribution in [1.29, 1.82) is 0 Å². The normalized spacial score (nSPS) is 10.6. The molecular formula is C15H12ClN3O2. The summed E-state index contributed by atoms with van der Waals surface area (Å²) >= 11 is 5.94. The molecule has 0 fully saturated rings. The highest BCUT2D eigenvalue weighted by Crippen LogP contribution is 2.32. The third-order valence-corrected chi connectivity index (χ3v) is 3.22. The number of hydrogen-bond donors (Lipinski definition) is 1. The number of nitrogen functional groups attached to an aromatic ring is 1. The van der Waals surface area contributed by atoms with E-state index in [1.54, 1.807) is 37.4 Å². The molecule has 0 bridgehead atoms. The second kappa shape index (κ2) is 5.46. The molecule has 0 aliphatic rings. The van der Waals surface area contributed by atoms with Crippen molar-refractivity contribution in [2.45, 2.75) is 0 Å². The molecule has 0 atom stereocenters. The zero-order chi connectivity index (χ0) is 14.8. The lowest BCUT2D eigenvalue weighted by Crippen LogP contribution is -1.88. The van der Waals surface area contributed by atoms with Gasteiger partial charge in [-0.15, -0.1) is 0 Å². The SMILES string of the molecule is COc1cc(Cl)ccc1-c1nc(-c2ccc(N)cc2)no1. The Morgan fingerprint density at radius 3 is 2.62 bits per heavy atom. The number of nitrogens with zero attached hydrogens (tertiary/aromatic N) is 2. The van der Waals surface area contributed by atoms with Crippen LogP contribution < -0.4 is 10.5 Å². The van der Waals surface area contributed by atoms with E-state index in [1.165, 1.54) is 0 Å². The van der Waals surface area contributed by atoms with Crippen molar-refractivity contribution in [1.82, 2.24) is 10.1 Å². The van der Waals surface area contributed by atoms with Crippen LogP contribution in [0.3, 0.4) is 0 Å². The lowest BCUT2D eigenvalue weighted by atomic mass is 10.2. The van der Waals surface area contributed by atoms with Gasteiger partial charge in [-0.2, -0.15) is 4.98 Å². The van der Waals surface area contributed by atoms with Crippen LogP contribution in [0.25, 0.3) is 22.8 Å². The van der Waals surface area contributed by atoms with Gasteiger partial charge in [0.05, 0.1) is 12.7 Å². The van der Waals surface area contributed by atoms with Crippen molar-refractivity contribution in [2.24, 2.45) is 0 Å². The van der Waals surface area contributed by atoms with E-state index in [0.29, 0.717) is 33.7 Å². The Balaban J connectivity index is 2.00. The van der Waals surface area contributed by atoms with Gasteiger partial charge in [0.15, 0.2) is 0 Å². The van der Waals surface area contributed by atoms with E-state index in [0.717, 1.165) is 5.56 Å². The average molecular weight is 302 g/mol. The lowest BCUT2D eigenvalue weighted by Gasteiger charge is -2.04. The van der Waals surface area contributed by atoms with Gasteiger partial charge < -0.3 is 15.0 Å². The van der Waals surface area contributed by atoms with Gasteiger partial charge in [0.25, 0.3) is 5.89 Å². The third-order valence-electron chi connectivity index (χ3n) is 2.99. The van der Waals surface area contributed by atoms with Gasteiger partial charge in [0.2, 0.25) is 5.82 Å². The second-order valence-corrected chi connectivity index (χ2v) is 4.83. The molecule has 0 unspecified atom stereocenters. The topological polar surface area (TPSA) is 74.2 Å². The molecule has 21 heavy (non-hydrogen) atoms. The van der Waals surface area contributed by atoms with E-state index in [9.17, 15) is 0 Å². The Bertz CT molecular complexity index is 769. The molecule has 0 saturated heterocycles. The second-order valence-electron chi connectivity index (χ2n) is 4.39. The molecule has 1 heterocycles. The van der Waals surface area contributed by atoms with Crippen molar-refractivity contribution >= 4 is 17.3 Å². The van der Waals surface area contributed by atoms with E-state index < -0.39 is 0 Å². The molecule has 2 N–H and O–H groups in total. The molecule has 1 aromatic heterocycles. The van der Waals surface area contributed by atoms with Gasteiger partial charge in [0, 0.05) is 16.3 Å². The van der Waals surface area contributed by atoms with E-state index in [2.05, 4.69) is 10.1 Å². The first-order valence-electron chi connectivity index (χ1n) is 6.21. The lowest BCUT2D eigenvalue weighted by molar-refractivity contribution is 0.405. The summed E-state index contributed by atoms with van der Waals surface area (Å²) < 4.78 is 10.6. The van der Waals surface area contributed by atoms with Crippen molar-refractivity contribution in [3.8, 4) is 28.6 Å². The Labute approximate surface area is 126 Å². The van der Waals surface area contributed by atoms with Gasteiger partial charge in [-0.25, -0.2) is 0 Å². The van der Waals surface area contributed by atoms with E-state index in [4.69, 9.17) is 26.6 Å². The molecule has 5 nitrogen and oxygen atoms in total. The van der Waals surface area contributed by atoms with Crippen LogP contribution >= 0.6 is 11.6 Å². The van der Waals surface area contributed by atoms with Crippen LogP contribution in [0, 0.1) is 0 Å². The minimum Gasteiger partial charge on any atom is -0.496 e. The van der Waals surface area contributed by atoms with Crippen LogP contribution in [0.1, 0.15) is 0 Å². The number of nitrogens with two attached hydrogens (primary N) is 1. The first kappa shape index (κ1) is 13.5. The average Bonchev–Trinajstić information content (AvgIpc) is 2.97. The first-order valence-corrected chi connectivity index (χ1v) is 6.58. The molecule has 6 heteroatoms. The Morgan fingerprint density at radius 1 is 1.14 bits per heavy atom. The summed E-state index contributed by atoms with van der Waals surface area (Å²) in [7, 11) is 1.56. The summed E-state index contributed by atoms with van der Waals surface area (Å²) in [5.41, 5.74) is 7.86. The summed E-state index contributed by atoms with van der Waals surface area (Å²) in [6.07, 6.45) is 0. The van der Waals surface area contributed by atoms with Crippen LogP contribution in [-0.4, -0.2) is 17.3 Å². The summed E-state index contributed by atoms with van der Waals surface area (Å²) in [5, 5.41) is 4.55. The predicted octanol–water partition coefficient (Wildman–Crippen LogP) is 3.65. The number of ether oxygens (including phenoxy) is 1. The summed E-state index contributed by atoms with van der Waals surface area (Å²) in [6, 6.07) is 12.5. The van der Waals surface area contributed by atoms with Gasteiger partial charge in [-0.3, -0.25) is 0 Å². The number of methoxy groups -OCH3 is 1.